The maximum atomic E-state index is 12.9. The molecule has 0 spiro atoms. The van der Waals surface area contributed by atoms with E-state index in [-0.39, 0.29) is 17.6 Å². The third-order valence-corrected chi connectivity index (χ3v) is 5.08. The van der Waals surface area contributed by atoms with Crippen LogP contribution in [-0.4, -0.2) is 65.3 Å². The Morgan fingerprint density at radius 1 is 0.903 bits per heavy atom. The number of rotatable bonds is 15. The predicted molar refractivity (Wildman–Crippen MR) is 122 cm³/mol. The van der Waals surface area contributed by atoms with E-state index in [0.717, 1.165) is 0 Å². The van der Waals surface area contributed by atoms with Crippen molar-refractivity contribution in [2.75, 3.05) is 12.3 Å². The molecule has 10 nitrogen and oxygen atoms in total. The summed E-state index contributed by atoms with van der Waals surface area (Å²) in [5.74, 6) is -2.93. The number of nitrogens with one attached hydrogen (secondary N) is 3. The molecule has 0 fully saturated rings. The SMILES string of the molecule is CC(C)CC(NC(=O)C(CCCCN)NC(=O)C(N)CS)C(=O)NC(C(=O)O)C(C)C. The molecule has 0 radical (unpaired) electrons. The highest BCUT2D eigenvalue weighted by Gasteiger charge is 2.31. The number of amides is 3. The van der Waals surface area contributed by atoms with Crippen LogP contribution in [0.1, 0.15) is 53.4 Å². The van der Waals surface area contributed by atoms with E-state index in [9.17, 15) is 24.3 Å². The lowest BCUT2D eigenvalue weighted by Gasteiger charge is -2.26. The van der Waals surface area contributed by atoms with Gasteiger partial charge in [-0.2, -0.15) is 12.6 Å². The minimum atomic E-state index is -1.15. The molecule has 0 aromatic carbocycles. The molecule has 0 saturated carbocycles. The molecule has 180 valence electrons. The van der Waals surface area contributed by atoms with E-state index in [1.165, 1.54) is 0 Å². The van der Waals surface area contributed by atoms with Gasteiger partial charge >= 0.3 is 5.97 Å². The molecule has 31 heavy (non-hydrogen) atoms. The first-order valence-corrected chi connectivity index (χ1v) is 11.3. The standard InChI is InChI=1S/C20H39N5O5S/c1-11(2)9-15(19(28)25-16(12(3)4)20(29)30)24-18(27)14(7-5-6-8-21)23-17(26)13(22)10-31/h11-16,31H,5-10,21-22H2,1-4H3,(H,23,26)(H,24,27)(H,25,28)(H,29,30). The van der Waals surface area contributed by atoms with Gasteiger partial charge in [-0.3, -0.25) is 14.4 Å². The van der Waals surface area contributed by atoms with Gasteiger partial charge < -0.3 is 32.5 Å². The van der Waals surface area contributed by atoms with Gasteiger partial charge in [-0.25, -0.2) is 4.79 Å². The Kier molecular flexibility index (Phi) is 14.1. The second-order valence-corrected chi connectivity index (χ2v) is 8.76. The van der Waals surface area contributed by atoms with Gasteiger partial charge in [-0.05, 0) is 44.1 Å². The Morgan fingerprint density at radius 2 is 1.45 bits per heavy atom. The Hall–Kier alpha value is -1.85. The molecule has 0 aromatic heterocycles. The number of aliphatic carboxylic acids is 1. The summed E-state index contributed by atoms with van der Waals surface area (Å²) in [6.45, 7) is 7.58. The quantitative estimate of drug-likeness (QED) is 0.128. The van der Waals surface area contributed by atoms with Crippen LogP contribution in [0.25, 0.3) is 0 Å². The minimum absolute atomic E-state index is 0.0567. The molecule has 3 amide bonds. The van der Waals surface area contributed by atoms with Gasteiger partial charge in [0.15, 0.2) is 0 Å². The zero-order valence-electron chi connectivity index (χ0n) is 18.9. The molecular weight excluding hydrogens is 422 g/mol. The summed E-state index contributed by atoms with van der Waals surface area (Å²) in [4.78, 5) is 49.3. The van der Waals surface area contributed by atoms with Crippen molar-refractivity contribution in [2.24, 2.45) is 23.3 Å². The Balaban J connectivity index is 5.43. The normalized spacial score (nSPS) is 15.1. The number of unbranched alkanes of at least 4 members (excludes halogenated alkanes) is 1. The first kappa shape index (κ1) is 29.1. The summed E-state index contributed by atoms with van der Waals surface area (Å²) in [7, 11) is 0. The Labute approximate surface area is 190 Å². The minimum Gasteiger partial charge on any atom is -0.480 e. The summed E-state index contributed by atoms with van der Waals surface area (Å²) >= 11 is 4.00. The van der Waals surface area contributed by atoms with E-state index < -0.39 is 47.9 Å². The monoisotopic (exact) mass is 461 g/mol. The first-order chi connectivity index (χ1) is 14.4. The second kappa shape index (κ2) is 15.0. The Bertz CT molecular complexity index is 603. The summed E-state index contributed by atoms with van der Waals surface area (Å²) < 4.78 is 0. The van der Waals surface area contributed by atoms with Gasteiger partial charge in [0.1, 0.15) is 18.1 Å². The molecule has 0 aliphatic rings. The van der Waals surface area contributed by atoms with E-state index in [2.05, 4.69) is 28.6 Å². The van der Waals surface area contributed by atoms with Gasteiger partial charge in [0, 0.05) is 5.75 Å². The van der Waals surface area contributed by atoms with Crippen LogP contribution in [0, 0.1) is 11.8 Å². The molecule has 0 bridgehead atoms. The molecule has 0 aliphatic heterocycles. The number of hydrogen-bond acceptors (Lipinski definition) is 7. The van der Waals surface area contributed by atoms with Gasteiger partial charge in [0.05, 0.1) is 6.04 Å². The highest BCUT2D eigenvalue weighted by atomic mass is 32.1. The van der Waals surface area contributed by atoms with Gasteiger partial charge in [0.2, 0.25) is 17.7 Å². The number of carbonyl (C=O) groups excluding carboxylic acids is 3. The Morgan fingerprint density at radius 3 is 1.90 bits per heavy atom. The summed E-state index contributed by atoms with van der Waals surface area (Å²) in [5.41, 5.74) is 11.2. The molecule has 0 aliphatic carbocycles. The average molecular weight is 462 g/mol. The van der Waals surface area contributed by atoms with Crippen LogP contribution in [0.4, 0.5) is 0 Å². The summed E-state index contributed by atoms with van der Waals surface area (Å²) in [5, 5.41) is 17.1. The van der Waals surface area contributed by atoms with Crippen molar-refractivity contribution in [1.29, 1.82) is 0 Å². The third kappa shape index (κ3) is 11.4. The highest BCUT2D eigenvalue weighted by Crippen LogP contribution is 2.09. The zero-order valence-corrected chi connectivity index (χ0v) is 19.8. The molecule has 0 rings (SSSR count). The van der Waals surface area contributed by atoms with E-state index in [0.29, 0.717) is 32.2 Å². The number of carboxylic acids is 1. The molecule has 0 aromatic rings. The van der Waals surface area contributed by atoms with E-state index >= 15 is 0 Å². The predicted octanol–water partition coefficient (Wildman–Crippen LogP) is -0.386. The van der Waals surface area contributed by atoms with Crippen LogP contribution in [0.15, 0.2) is 0 Å². The van der Waals surface area contributed by atoms with Crippen LogP contribution >= 0.6 is 12.6 Å². The van der Waals surface area contributed by atoms with Gasteiger partial charge in [-0.1, -0.05) is 27.7 Å². The van der Waals surface area contributed by atoms with Gasteiger partial charge in [0.25, 0.3) is 0 Å². The number of carbonyl (C=O) groups is 4. The van der Waals surface area contributed by atoms with E-state index in [1.807, 2.05) is 13.8 Å². The lowest BCUT2D eigenvalue weighted by Crippen LogP contribution is -2.58. The fraction of sp³-hybridized carbons (Fsp3) is 0.800. The molecule has 8 N–H and O–H groups in total. The van der Waals surface area contributed by atoms with Crippen LogP contribution in [-0.2, 0) is 19.2 Å². The topological polar surface area (TPSA) is 177 Å². The molecule has 0 saturated heterocycles. The average Bonchev–Trinajstić information content (AvgIpc) is 2.68. The van der Waals surface area contributed by atoms with Crippen molar-refractivity contribution in [2.45, 2.75) is 77.5 Å². The van der Waals surface area contributed by atoms with Crippen molar-refractivity contribution < 1.29 is 24.3 Å². The largest absolute Gasteiger partial charge is 0.480 e. The van der Waals surface area contributed by atoms with Crippen molar-refractivity contribution in [1.82, 2.24) is 16.0 Å². The lowest BCUT2D eigenvalue weighted by molar-refractivity contribution is -0.143. The molecule has 0 heterocycles. The molecule has 4 atom stereocenters. The van der Waals surface area contributed by atoms with Crippen molar-refractivity contribution in [3.8, 4) is 0 Å². The first-order valence-electron chi connectivity index (χ1n) is 10.6. The van der Waals surface area contributed by atoms with E-state index in [4.69, 9.17) is 11.5 Å². The van der Waals surface area contributed by atoms with Crippen LogP contribution in [0.3, 0.4) is 0 Å². The lowest BCUT2D eigenvalue weighted by atomic mass is 9.99. The summed E-state index contributed by atoms with van der Waals surface area (Å²) in [6, 6.07) is -3.79. The zero-order chi connectivity index (χ0) is 24.1. The second-order valence-electron chi connectivity index (χ2n) is 8.39. The summed E-state index contributed by atoms with van der Waals surface area (Å²) in [6.07, 6.45) is 1.90. The molecule has 11 heteroatoms. The molecular formula is C20H39N5O5S. The number of nitrogens with two attached hydrogens (primary N) is 2. The van der Waals surface area contributed by atoms with Crippen molar-refractivity contribution in [3.63, 3.8) is 0 Å². The fourth-order valence-corrected chi connectivity index (χ4v) is 3.03. The fourth-order valence-electron chi connectivity index (χ4n) is 2.87. The smallest absolute Gasteiger partial charge is 0.326 e. The maximum Gasteiger partial charge on any atom is 0.326 e. The highest BCUT2D eigenvalue weighted by molar-refractivity contribution is 7.80. The van der Waals surface area contributed by atoms with Gasteiger partial charge in [-0.15, -0.1) is 0 Å². The third-order valence-electron chi connectivity index (χ3n) is 4.68. The van der Waals surface area contributed by atoms with Crippen molar-refractivity contribution in [3.05, 3.63) is 0 Å². The van der Waals surface area contributed by atoms with Crippen LogP contribution < -0.4 is 27.4 Å². The molecule has 4 unspecified atom stereocenters. The number of carboxylic acid groups (broad SMARTS) is 1. The maximum absolute atomic E-state index is 12.9. The van der Waals surface area contributed by atoms with E-state index in [1.54, 1.807) is 13.8 Å². The van der Waals surface area contributed by atoms with Crippen LogP contribution in [0.2, 0.25) is 0 Å². The van der Waals surface area contributed by atoms with Crippen molar-refractivity contribution >= 4 is 36.3 Å². The number of thiol groups is 1. The number of hydrogen-bond donors (Lipinski definition) is 7. The van der Waals surface area contributed by atoms with Crippen LogP contribution in [0.5, 0.6) is 0 Å².